The van der Waals surface area contributed by atoms with Gasteiger partial charge >= 0.3 is 0 Å². The van der Waals surface area contributed by atoms with E-state index in [2.05, 4.69) is 44.3 Å². The Kier molecular flexibility index (Phi) is 4.88. The van der Waals surface area contributed by atoms with Crippen LogP contribution in [0.1, 0.15) is 25.8 Å². The van der Waals surface area contributed by atoms with Crippen molar-refractivity contribution in [3.8, 4) is 0 Å². The highest BCUT2D eigenvalue weighted by molar-refractivity contribution is 7.99. The van der Waals surface area contributed by atoms with Gasteiger partial charge in [0.1, 0.15) is 0 Å². The average Bonchev–Trinajstić information content (AvgIpc) is 2.17. The minimum Gasteiger partial charge on any atom is -0.384 e. The third kappa shape index (κ3) is 3.26. The summed E-state index contributed by atoms with van der Waals surface area (Å²) in [7, 11) is 0. The van der Waals surface area contributed by atoms with E-state index in [0.717, 1.165) is 6.54 Å². The van der Waals surface area contributed by atoms with Gasteiger partial charge in [-0.25, -0.2) is 0 Å². The van der Waals surface area contributed by atoms with Gasteiger partial charge in [-0.3, -0.25) is 0 Å². The van der Waals surface area contributed by atoms with Gasteiger partial charge in [-0.05, 0) is 43.7 Å². The number of hydrogen-bond acceptors (Lipinski definition) is 2. The highest BCUT2D eigenvalue weighted by Gasteiger charge is 2.01. The Bertz CT molecular complexity index is 284. The summed E-state index contributed by atoms with van der Waals surface area (Å²) in [4.78, 5) is 1.37. The lowest BCUT2D eigenvalue weighted by atomic mass is 10.2. The second-order valence-corrected chi connectivity index (χ2v) is 4.52. The van der Waals surface area contributed by atoms with Crippen molar-refractivity contribution in [1.29, 1.82) is 0 Å². The predicted octanol–water partition coefficient (Wildman–Crippen LogP) is 3.93. The molecule has 1 N–H and O–H groups in total. The fourth-order valence-electron chi connectivity index (χ4n) is 1.31. The summed E-state index contributed by atoms with van der Waals surface area (Å²) < 4.78 is 0. The molecule has 0 atom stereocenters. The van der Waals surface area contributed by atoms with Gasteiger partial charge in [0.2, 0.25) is 0 Å². The van der Waals surface area contributed by atoms with Crippen LogP contribution in [0, 0.1) is 6.92 Å². The molecule has 0 saturated heterocycles. The van der Waals surface area contributed by atoms with Crippen molar-refractivity contribution in [2.45, 2.75) is 32.1 Å². The van der Waals surface area contributed by atoms with E-state index in [4.69, 9.17) is 0 Å². The first-order chi connectivity index (χ1) is 6.77. The number of hydrogen-bond donors (Lipinski definition) is 1. The lowest BCUT2D eigenvalue weighted by molar-refractivity contribution is 1.10. The predicted molar refractivity (Wildman–Crippen MR) is 66.4 cm³/mol. The Morgan fingerprint density at radius 2 is 2.07 bits per heavy atom. The maximum absolute atomic E-state index is 3.41. The smallest absolute Gasteiger partial charge is 0.0480 e. The van der Waals surface area contributed by atoms with Crippen LogP contribution in [0.4, 0.5) is 5.69 Å². The quantitative estimate of drug-likeness (QED) is 0.737. The van der Waals surface area contributed by atoms with Gasteiger partial charge in [-0.2, -0.15) is 0 Å². The van der Waals surface area contributed by atoms with Crippen LogP contribution in [0.15, 0.2) is 23.1 Å². The van der Waals surface area contributed by atoms with Gasteiger partial charge in [0.05, 0.1) is 0 Å². The van der Waals surface area contributed by atoms with Crippen molar-refractivity contribution in [2.75, 3.05) is 17.6 Å². The fourth-order valence-corrected chi connectivity index (χ4v) is 2.19. The number of thioether (sulfide) groups is 1. The minimum atomic E-state index is 0.989. The first kappa shape index (κ1) is 11.4. The summed E-state index contributed by atoms with van der Waals surface area (Å²) in [5, 5.41) is 3.41. The Hall–Kier alpha value is -0.630. The molecule has 1 aromatic carbocycles. The van der Waals surface area contributed by atoms with Crippen molar-refractivity contribution in [2.24, 2.45) is 0 Å². The molecule has 1 nitrogen and oxygen atoms in total. The molecule has 0 fully saturated rings. The van der Waals surface area contributed by atoms with E-state index in [1.165, 1.54) is 28.3 Å². The van der Waals surface area contributed by atoms with Gasteiger partial charge in [-0.1, -0.05) is 13.0 Å². The zero-order chi connectivity index (χ0) is 10.4. The molecule has 0 unspecified atom stereocenters. The molecule has 1 aromatic rings. The summed E-state index contributed by atoms with van der Waals surface area (Å²) in [6.07, 6.45) is 1.23. The molecule has 0 heterocycles. The Labute approximate surface area is 91.3 Å². The zero-order valence-electron chi connectivity index (χ0n) is 9.26. The van der Waals surface area contributed by atoms with E-state index in [9.17, 15) is 0 Å². The molecule has 0 saturated carbocycles. The van der Waals surface area contributed by atoms with Crippen LogP contribution in [0.3, 0.4) is 0 Å². The number of anilines is 1. The Morgan fingerprint density at radius 3 is 2.71 bits per heavy atom. The third-order valence-corrected chi connectivity index (χ3v) is 3.24. The van der Waals surface area contributed by atoms with Crippen molar-refractivity contribution in [3.05, 3.63) is 23.8 Å². The number of rotatable bonds is 5. The Balaban J connectivity index is 2.78. The molecule has 14 heavy (non-hydrogen) atoms. The van der Waals surface area contributed by atoms with Crippen molar-refractivity contribution < 1.29 is 0 Å². The molecule has 0 aliphatic rings. The number of benzene rings is 1. The largest absolute Gasteiger partial charge is 0.384 e. The van der Waals surface area contributed by atoms with Crippen LogP contribution in [-0.4, -0.2) is 12.3 Å². The molecule has 1 rings (SSSR count). The van der Waals surface area contributed by atoms with Crippen LogP contribution in [0.5, 0.6) is 0 Å². The van der Waals surface area contributed by atoms with E-state index >= 15 is 0 Å². The van der Waals surface area contributed by atoms with Crippen LogP contribution in [-0.2, 0) is 0 Å². The van der Waals surface area contributed by atoms with Crippen LogP contribution < -0.4 is 5.32 Å². The normalized spacial score (nSPS) is 10.2. The summed E-state index contributed by atoms with van der Waals surface area (Å²) in [5.74, 6) is 1.20. The summed E-state index contributed by atoms with van der Waals surface area (Å²) in [6, 6.07) is 6.62. The van der Waals surface area contributed by atoms with Crippen molar-refractivity contribution in [3.63, 3.8) is 0 Å². The molecule has 0 bridgehead atoms. The molecule has 0 radical (unpaired) electrons. The van der Waals surface area contributed by atoms with E-state index in [-0.39, 0.29) is 0 Å². The van der Waals surface area contributed by atoms with Gasteiger partial charge in [0.25, 0.3) is 0 Å². The van der Waals surface area contributed by atoms with Crippen LogP contribution >= 0.6 is 11.8 Å². The highest BCUT2D eigenvalue weighted by Crippen LogP contribution is 2.28. The lowest BCUT2D eigenvalue weighted by Gasteiger charge is -2.10. The summed E-state index contributed by atoms with van der Waals surface area (Å²) in [6.45, 7) is 7.48. The van der Waals surface area contributed by atoms with E-state index in [0.29, 0.717) is 0 Å². The SMILES string of the molecule is CCCSc1ccc(C)cc1NCC. The average molecular weight is 209 g/mol. The molecule has 0 aliphatic heterocycles. The highest BCUT2D eigenvalue weighted by atomic mass is 32.2. The van der Waals surface area contributed by atoms with E-state index in [1.54, 1.807) is 0 Å². The van der Waals surface area contributed by atoms with Crippen LogP contribution in [0.25, 0.3) is 0 Å². The Morgan fingerprint density at radius 1 is 1.29 bits per heavy atom. The zero-order valence-corrected chi connectivity index (χ0v) is 10.1. The molecular formula is C12H19NS. The summed E-state index contributed by atoms with van der Waals surface area (Å²) >= 11 is 1.93. The standard InChI is InChI=1S/C12H19NS/c1-4-8-14-12-7-6-10(3)9-11(12)13-5-2/h6-7,9,13H,4-5,8H2,1-3H3. The van der Waals surface area contributed by atoms with Gasteiger partial charge in [0, 0.05) is 17.1 Å². The maximum Gasteiger partial charge on any atom is 0.0480 e. The molecule has 0 spiro atoms. The van der Waals surface area contributed by atoms with Crippen molar-refractivity contribution >= 4 is 17.4 Å². The lowest BCUT2D eigenvalue weighted by Crippen LogP contribution is -1.98. The van der Waals surface area contributed by atoms with Gasteiger partial charge in [-0.15, -0.1) is 11.8 Å². The second kappa shape index (κ2) is 5.97. The summed E-state index contributed by atoms with van der Waals surface area (Å²) in [5.41, 5.74) is 2.60. The molecular weight excluding hydrogens is 190 g/mol. The van der Waals surface area contributed by atoms with Gasteiger partial charge in [0.15, 0.2) is 0 Å². The third-order valence-electron chi connectivity index (χ3n) is 1.96. The topological polar surface area (TPSA) is 12.0 Å². The first-order valence-electron chi connectivity index (χ1n) is 5.25. The number of nitrogens with one attached hydrogen (secondary N) is 1. The maximum atomic E-state index is 3.41. The number of aryl methyl sites for hydroxylation is 1. The fraction of sp³-hybridized carbons (Fsp3) is 0.500. The molecule has 78 valence electrons. The molecule has 2 heteroatoms. The van der Waals surface area contributed by atoms with Crippen LogP contribution in [0.2, 0.25) is 0 Å². The van der Waals surface area contributed by atoms with E-state index in [1.807, 2.05) is 11.8 Å². The molecule has 0 amide bonds. The first-order valence-corrected chi connectivity index (χ1v) is 6.23. The molecule has 0 aliphatic carbocycles. The second-order valence-electron chi connectivity index (χ2n) is 3.38. The van der Waals surface area contributed by atoms with Gasteiger partial charge < -0.3 is 5.32 Å². The monoisotopic (exact) mass is 209 g/mol. The van der Waals surface area contributed by atoms with Crippen molar-refractivity contribution in [1.82, 2.24) is 0 Å². The molecule has 0 aromatic heterocycles. The van der Waals surface area contributed by atoms with E-state index < -0.39 is 0 Å². The minimum absolute atomic E-state index is 0.989.